The molecule has 0 saturated carbocycles. The van der Waals surface area contributed by atoms with E-state index in [0.29, 0.717) is 12.5 Å². The van der Waals surface area contributed by atoms with Gasteiger partial charge in [-0.25, -0.2) is 8.42 Å². The lowest BCUT2D eigenvalue weighted by Gasteiger charge is -2.26. The molecule has 1 aromatic carbocycles. The number of aromatic nitrogens is 1. The van der Waals surface area contributed by atoms with Crippen LogP contribution in [0.3, 0.4) is 0 Å². The van der Waals surface area contributed by atoms with Crippen molar-refractivity contribution in [3.05, 3.63) is 46.1 Å². The van der Waals surface area contributed by atoms with E-state index < -0.39 is 31.7 Å². The predicted octanol–water partition coefficient (Wildman–Crippen LogP) is 3.81. The smallest absolute Gasteiger partial charge is 0.269 e. The number of hydrogen-bond donors (Lipinski definition) is 0. The highest BCUT2D eigenvalue weighted by atomic mass is 35.5. The van der Waals surface area contributed by atoms with Crippen LogP contribution in [0.2, 0.25) is 10.0 Å². The third-order valence-corrected chi connectivity index (χ3v) is 5.74. The van der Waals surface area contributed by atoms with Crippen molar-refractivity contribution in [3.8, 4) is 0 Å². The number of sulfonamides is 1. The SMILES string of the molecule is [B]c1ncc(Cl)cc1N(CCC)S(=O)(=O)c1ccc(Cl)c(C(F)(F)F)c1. The first kappa shape index (κ1) is 20.9. The van der Waals surface area contributed by atoms with Crippen LogP contribution in [-0.4, -0.2) is 27.8 Å². The molecule has 0 aliphatic heterocycles. The van der Waals surface area contributed by atoms with Crippen molar-refractivity contribution in [2.24, 2.45) is 0 Å². The van der Waals surface area contributed by atoms with Crippen LogP contribution < -0.4 is 9.90 Å². The first-order valence-electron chi connectivity index (χ1n) is 7.29. The summed E-state index contributed by atoms with van der Waals surface area (Å²) in [4.78, 5) is 3.23. The Morgan fingerprint density at radius 3 is 2.46 bits per heavy atom. The Morgan fingerprint density at radius 2 is 1.88 bits per heavy atom. The van der Waals surface area contributed by atoms with Crippen LogP contribution in [0.4, 0.5) is 18.9 Å². The fourth-order valence-electron chi connectivity index (χ4n) is 2.22. The van der Waals surface area contributed by atoms with Gasteiger partial charge in [-0.1, -0.05) is 30.1 Å². The van der Waals surface area contributed by atoms with Crippen molar-refractivity contribution in [2.45, 2.75) is 24.4 Å². The van der Waals surface area contributed by atoms with Crippen molar-refractivity contribution in [2.75, 3.05) is 10.8 Å². The van der Waals surface area contributed by atoms with E-state index in [1.165, 1.54) is 12.3 Å². The molecule has 0 N–H and O–H groups in total. The molecule has 0 saturated heterocycles. The van der Waals surface area contributed by atoms with Gasteiger partial charge in [0.2, 0.25) is 0 Å². The van der Waals surface area contributed by atoms with E-state index in [9.17, 15) is 21.6 Å². The Morgan fingerprint density at radius 1 is 1.23 bits per heavy atom. The van der Waals surface area contributed by atoms with Crippen LogP contribution in [0.1, 0.15) is 18.9 Å². The topological polar surface area (TPSA) is 50.3 Å². The van der Waals surface area contributed by atoms with E-state index in [1.54, 1.807) is 6.92 Å². The fourth-order valence-corrected chi connectivity index (χ4v) is 4.19. The van der Waals surface area contributed by atoms with Gasteiger partial charge in [0.05, 0.1) is 26.2 Å². The highest BCUT2D eigenvalue weighted by Crippen LogP contribution is 2.36. The molecule has 26 heavy (non-hydrogen) atoms. The first-order chi connectivity index (χ1) is 12.0. The fraction of sp³-hybridized carbons (Fsp3) is 0.267. The van der Waals surface area contributed by atoms with Crippen molar-refractivity contribution in [1.29, 1.82) is 0 Å². The van der Waals surface area contributed by atoms with Crippen LogP contribution in [0.25, 0.3) is 0 Å². The quantitative estimate of drug-likeness (QED) is 0.688. The van der Waals surface area contributed by atoms with E-state index >= 15 is 0 Å². The molecule has 1 aromatic heterocycles. The highest BCUT2D eigenvalue weighted by molar-refractivity contribution is 7.92. The van der Waals surface area contributed by atoms with E-state index in [2.05, 4.69) is 4.98 Å². The maximum atomic E-state index is 13.1. The number of nitrogens with zero attached hydrogens (tertiary/aromatic N) is 2. The molecule has 0 fully saturated rings. The molecule has 1 heterocycles. The van der Waals surface area contributed by atoms with Gasteiger partial charge in [0.25, 0.3) is 10.0 Å². The second kappa shape index (κ2) is 7.66. The largest absolute Gasteiger partial charge is 0.417 e. The lowest BCUT2D eigenvalue weighted by molar-refractivity contribution is -0.137. The zero-order chi connectivity index (χ0) is 19.7. The molecule has 0 unspecified atom stereocenters. The van der Waals surface area contributed by atoms with Gasteiger partial charge in [-0.3, -0.25) is 9.29 Å². The lowest BCUT2D eigenvalue weighted by Crippen LogP contribution is -2.36. The van der Waals surface area contributed by atoms with Crippen LogP contribution in [0.5, 0.6) is 0 Å². The van der Waals surface area contributed by atoms with Crippen LogP contribution >= 0.6 is 23.2 Å². The summed E-state index contributed by atoms with van der Waals surface area (Å²) < 4.78 is 66.0. The Hall–Kier alpha value is -1.45. The van der Waals surface area contributed by atoms with Gasteiger partial charge in [0.15, 0.2) is 0 Å². The number of hydrogen-bond acceptors (Lipinski definition) is 3. The van der Waals surface area contributed by atoms with Crippen molar-refractivity contribution < 1.29 is 21.6 Å². The number of anilines is 1. The van der Waals surface area contributed by atoms with E-state index in [-0.39, 0.29) is 22.8 Å². The van der Waals surface area contributed by atoms with Crippen LogP contribution in [0, 0.1) is 0 Å². The van der Waals surface area contributed by atoms with Gasteiger partial charge in [0, 0.05) is 18.3 Å². The predicted molar refractivity (Wildman–Crippen MR) is 95.9 cm³/mol. The van der Waals surface area contributed by atoms with Gasteiger partial charge in [-0.15, -0.1) is 0 Å². The minimum absolute atomic E-state index is 0.0112. The number of alkyl halides is 3. The summed E-state index contributed by atoms with van der Waals surface area (Å²) in [5.41, 5.74) is -1.37. The molecule has 0 spiro atoms. The molecule has 0 amide bonds. The molecule has 138 valence electrons. The van der Waals surface area contributed by atoms with E-state index in [0.717, 1.165) is 16.4 Å². The molecule has 2 rings (SSSR count). The number of benzene rings is 1. The summed E-state index contributed by atoms with van der Waals surface area (Å²) in [6, 6.07) is 3.68. The highest BCUT2D eigenvalue weighted by Gasteiger charge is 2.35. The van der Waals surface area contributed by atoms with Crippen molar-refractivity contribution >= 4 is 52.4 Å². The minimum atomic E-state index is -4.80. The summed E-state index contributed by atoms with van der Waals surface area (Å²) in [6.45, 7) is 1.68. The van der Waals surface area contributed by atoms with Gasteiger partial charge in [0.1, 0.15) is 7.85 Å². The standard InChI is InChI=1S/C15H12BCl2F3N2O2S/c1-2-5-23(13-6-9(17)8-22-14(13)16)26(24,25)10-3-4-12(18)11(7-10)15(19,20)21/h3-4,6-8H,2,5H2,1H3. The Labute approximate surface area is 160 Å². The zero-order valence-electron chi connectivity index (χ0n) is 13.4. The molecular formula is C15H12BCl2F3N2O2S. The Kier molecular flexibility index (Phi) is 6.15. The molecule has 0 aliphatic rings. The maximum absolute atomic E-state index is 13.1. The average Bonchev–Trinajstić information content (AvgIpc) is 2.54. The van der Waals surface area contributed by atoms with Crippen molar-refractivity contribution in [1.82, 2.24) is 4.98 Å². The lowest BCUT2D eigenvalue weighted by atomic mass is 10.0. The van der Waals surface area contributed by atoms with Gasteiger partial charge in [-0.05, 0) is 30.7 Å². The molecule has 0 bridgehead atoms. The van der Waals surface area contributed by atoms with Gasteiger partial charge < -0.3 is 0 Å². The number of pyridine rings is 1. The van der Waals surface area contributed by atoms with E-state index in [1.807, 2.05) is 0 Å². The normalized spacial score (nSPS) is 12.2. The molecule has 0 atom stereocenters. The van der Waals surface area contributed by atoms with Crippen molar-refractivity contribution in [3.63, 3.8) is 0 Å². The van der Waals surface area contributed by atoms with Crippen LogP contribution in [-0.2, 0) is 16.2 Å². The molecular weight excluding hydrogens is 411 g/mol. The number of halogens is 5. The van der Waals surface area contributed by atoms with Gasteiger partial charge >= 0.3 is 6.18 Å². The number of rotatable bonds is 5. The Balaban J connectivity index is 2.64. The monoisotopic (exact) mass is 422 g/mol. The first-order valence-corrected chi connectivity index (χ1v) is 9.48. The minimum Gasteiger partial charge on any atom is -0.269 e. The average molecular weight is 423 g/mol. The van der Waals surface area contributed by atoms with Gasteiger partial charge in [-0.2, -0.15) is 13.2 Å². The summed E-state index contributed by atoms with van der Waals surface area (Å²) in [5.74, 6) is 0. The summed E-state index contributed by atoms with van der Waals surface area (Å²) in [7, 11) is 1.38. The summed E-state index contributed by atoms with van der Waals surface area (Å²) in [6.07, 6.45) is -3.18. The molecule has 2 radical (unpaired) electrons. The molecule has 0 aliphatic carbocycles. The zero-order valence-corrected chi connectivity index (χ0v) is 15.7. The molecule has 4 nitrogen and oxygen atoms in total. The Bertz CT molecular complexity index is 924. The van der Waals surface area contributed by atoms with Crippen LogP contribution in [0.15, 0.2) is 35.4 Å². The third kappa shape index (κ3) is 4.27. The maximum Gasteiger partial charge on any atom is 0.417 e. The van der Waals surface area contributed by atoms with E-state index in [4.69, 9.17) is 31.0 Å². The second-order valence-corrected chi connectivity index (χ2v) is 7.98. The third-order valence-electron chi connectivity index (χ3n) is 3.39. The summed E-state index contributed by atoms with van der Waals surface area (Å²) in [5, 5.41) is -0.458. The second-order valence-electron chi connectivity index (χ2n) is 5.27. The molecule has 2 aromatic rings. The molecule has 11 heteroatoms. The summed E-state index contributed by atoms with van der Waals surface area (Å²) >= 11 is 11.4.